The smallest absolute Gasteiger partial charge is 0.172 e. The number of unbranched alkanes of at least 4 members (excludes halogenated alkanes) is 8. The van der Waals surface area contributed by atoms with Crippen LogP contribution in [0.15, 0.2) is 12.1 Å². The van der Waals surface area contributed by atoms with E-state index in [9.17, 15) is 9.90 Å². The minimum Gasteiger partial charge on any atom is -0.395 e. The normalized spacial score (nSPS) is 13.8. The van der Waals surface area contributed by atoms with Crippen molar-refractivity contribution in [3.63, 3.8) is 0 Å². The lowest BCUT2D eigenvalue weighted by Gasteiger charge is -2.14. The Labute approximate surface area is 150 Å². The third-order valence-corrected chi connectivity index (χ3v) is 5.51. The molecular weight excluding hydrogens is 322 g/mol. The van der Waals surface area contributed by atoms with Crippen LogP contribution in [0, 0.1) is 0 Å². The second-order valence-corrected chi connectivity index (χ2v) is 7.61. The van der Waals surface area contributed by atoms with Crippen LogP contribution >= 0.6 is 11.3 Å². The molecule has 0 aliphatic carbocycles. The molecule has 0 fully saturated rings. The molecule has 0 aliphatic rings. The van der Waals surface area contributed by atoms with Crippen LogP contribution < -0.4 is 5.73 Å². The van der Waals surface area contributed by atoms with Crippen LogP contribution in [0.25, 0.3) is 0 Å². The maximum Gasteiger partial charge on any atom is 0.172 e. The molecule has 0 unspecified atom stereocenters. The fourth-order valence-electron chi connectivity index (χ4n) is 2.69. The molecule has 138 valence electrons. The standard InChI is InChI=1S/C19H33NO3S/c1-2-3-4-5-6-7-8-9-10-11-16(22)17-12-13-18(24-17)19(23)15(20)14-21/h12-13,15,19,21,23H,2-11,14,20H2,1H3/t15-,19-/m0/s1. The van der Waals surface area contributed by atoms with Gasteiger partial charge in [0.05, 0.1) is 17.5 Å². The van der Waals surface area contributed by atoms with Crippen molar-refractivity contribution in [3.8, 4) is 0 Å². The van der Waals surface area contributed by atoms with E-state index in [1.807, 2.05) is 0 Å². The number of ketones is 1. The lowest BCUT2D eigenvalue weighted by molar-refractivity contribution is 0.0983. The van der Waals surface area contributed by atoms with Gasteiger partial charge in [-0.1, -0.05) is 58.3 Å². The Morgan fingerprint density at radius 2 is 1.67 bits per heavy atom. The number of thiophene rings is 1. The first kappa shape index (κ1) is 21.3. The third-order valence-electron chi connectivity index (χ3n) is 4.32. The van der Waals surface area contributed by atoms with Gasteiger partial charge in [0.2, 0.25) is 0 Å². The van der Waals surface area contributed by atoms with Gasteiger partial charge in [-0.3, -0.25) is 4.79 Å². The summed E-state index contributed by atoms with van der Waals surface area (Å²) in [4.78, 5) is 13.5. The van der Waals surface area contributed by atoms with E-state index in [-0.39, 0.29) is 12.4 Å². The summed E-state index contributed by atoms with van der Waals surface area (Å²) < 4.78 is 0. The van der Waals surface area contributed by atoms with E-state index in [1.54, 1.807) is 12.1 Å². The highest BCUT2D eigenvalue weighted by molar-refractivity contribution is 7.14. The van der Waals surface area contributed by atoms with Crippen LogP contribution in [0.4, 0.5) is 0 Å². The largest absolute Gasteiger partial charge is 0.395 e. The summed E-state index contributed by atoms with van der Waals surface area (Å²) in [6, 6.07) is 2.78. The van der Waals surface area contributed by atoms with Gasteiger partial charge in [-0.2, -0.15) is 0 Å². The Morgan fingerprint density at radius 1 is 1.08 bits per heavy atom. The average molecular weight is 356 g/mol. The maximum atomic E-state index is 12.2. The summed E-state index contributed by atoms with van der Waals surface area (Å²) in [6.07, 6.45) is 10.8. The molecule has 4 nitrogen and oxygen atoms in total. The number of aliphatic hydroxyl groups excluding tert-OH is 2. The molecule has 0 amide bonds. The van der Waals surface area contributed by atoms with Gasteiger partial charge in [-0.25, -0.2) is 0 Å². The fraction of sp³-hybridized carbons (Fsp3) is 0.737. The molecular formula is C19H33NO3S. The van der Waals surface area contributed by atoms with Crippen LogP contribution in [-0.2, 0) is 0 Å². The second-order valence-electron chi connectivity index (χ2n) is 6.49. The summed E-state index contributed by atoms with van der Waals surface area (Å²) in [5, 5.41) is 18.9. The van der Waals surface area contributed by atoms with Crippen LogP contribution in [0.2, 0.25) is 0 Å². The molecule has 24 heavy (non-hydrogen) atoms. The van der Waals surface area contributed by atoms with Gasteiger partial charge in [0.25, 0.3) is 0 Å². The SMILES string of the molecule is CCCCCCCCCCCC(=O)c1ccc([C@@H](O)[C@@H](N)CO)s1. The zero-order valence-electron chi connectivity index (χ0n) is 14.9. The van der Waals surface area contributed by atoms with Crippen molar-refractivity contribution in [2.45, 2.75) is 83.3 Å². The zero-order valence-corrected chi connectivity index (χ0v) is 15.7. The van der Waals surface area contributed by atoms with Crippen molar-refractivity contribution in [1.29, 1.82) is 0 Å². The number of hydrogen-bond donors (Lipinski definition) is 3. The van der Waals surface area contributed by atoms with E-state index in [0.29, 0.717) is 16.2 Å². The van der Waals surface area contributed by atoms with E-state index in [4.69, 9.17) is 10.8 Å². The summed E-state index contributed by atoms with van der Waals surface area (Å²) >= 11 is 1.28. The number of nitrogens with two attached hydrogens (primary N) is 1. The summed E-state index contributed by atoms with van der Waals surface area (Å²) in [7, 11) is 0. The topological polar surface area (TPSA) is 83.5 Å². The number of hydrogen-bond acceptors (Lipinski definition) is 5. The quantitative estimate of drug-likeness (QED) is 0.345. The van der Waals surface area contributed by atoms with E-state index >= 15 is 0 Å². The van der Waals surface area contributed by atoms with Crippen molar-refractivity contribution in [2.24, 2.45) is 5.73 Å². The predicted octanol–water partition coefficient (Wildman–Crippen LogP) is 4.20. The second kappa shape index (κ2) is 12.6. The van der Waals surface area contributed by atoms with Gasteiger partial charge in [0.1, 0.15) is 6.10 Å². The highest BCUT2D eigenvalue weighted by Gasteiger charge is 2.19. The minimum atomic E-state index is -0.908. The van der Waals surface area contributed by atoms with Crippen LogP contribution in [0.1, 0.15) is 91.8 Å². The van der Waals surface area contributed by atoms with Gasteiger partial charge in [0, 0.05) is 11.3 Å². The number of carbonyl (C=O) groups is 1. The van der Waals surface area contributed by atoms with Crippen molar-refractivity contribution >= 4 is 17.1 Å². The monoisotopic (exact) mass is 355 g/mol. The lowest BCUT2D eigenvalue weighted by Crippen LogP contribution is -2.31. The first-order chi connectivity index (χ1) is 11.6. The van der Waals surface area contributed by atoms with E-state index in [1.165, 1.54) is 56.3 Å². The molecule has 1 rings (SSSR count). The summed E-state index contributed by atoms with van der Waals surface area (Å²) in [5.74, 6) is 0.138. The number of carbonyl (C=O) groups excluding carboxylic acids is 1. The molecule has 1 aromatic rings. The molecule has 0 bridgehead atoms. The first-order valence-corrected chi connectivity index (χ1v) is 10.1. The Morgan fingerprint density at radius 3 is 2.25 bits per heavy atom. The number of Topliss-reactive ketones (excluding diaryl/α,β-unsaturated/α-hetero) is 1. The molecule has 0 aromatic carbocycles. The van der Waals surface area contributed by atoms with Crippen LogP contribution in [-0.4, -0.2) is 28.6 Å². The predicted molar refractivity (Wildman–Crippen MR) is 101 cm³/mol. The molecule has 0 saturated heterocycles. The average Bonchev–Trinajstić information content (AvgIpc) is 3.08. The van der Waals surface area contributed by atoms with Crippen molar-refractivity contribution < 1.29 is 15.0 Å². The van der Waals surface area contributed by atoms with Crippen molar-refractivity contribution in [2.75, 3.05) is 6.61 Å². The van der Waals surface area contributed by atoms with Gasteiger partial charge in [-0.15, -0.1) is 11.3 Å². The number of rotatable bonds is 14. The Hall–Kier alpha value is -0.750. The third kappa shape index (κ3) is 7.88. The summed E-state index contributed by atoms with van der Waals surface area (Å²) in [5.41, 5.74) is 5.62. The first-order valence-electron chi connectivity index (χ1n) is 9.27. The Bertz CT molecular complexity index is 461. The van der Waals surface area contributed by atoms with E-state index < -0.39 is 12.1 Å². The van der Waals surface area contributed by atoms with E-state index in [0.717, 1.165) is 12.8 Å². The van der Waals surface area contributed by atoms with Gasteiger partial charge in [-0.05, 0) is 18.6 Å². The van der Waals surface area contributed by atoms with Crippen LogP contribution in [0.5, 0.6) is 0 Å². The van der Waals surface area contributed by atoms with E-state index in [2.05, 4.69) is 6.92 Å². The molecule has 5 heteroatoms. The van der Waals surface area contributed by atoms with Gasteiger partial charge < -0.3 is 15.9 Å². The molecule has 1 aromatic heterocycles. The Balaban J connectivity index is 2.18. The lowest BCUT2D eigenvalue weighted by atomic mass is 10.1. The fourth-order valence-corrected chi connectivity index (χ4v) is 3.73. The molecule has 0 radical (unpaired) electrons. The maximum absolute atomic E-state index is 12.2. The highest BCUT2D eigenvalue weighted by Crippen LogP contribution is 2.26. The van der Waals surface area contributed by atoms with Crippen LogP contribution in [0.3, 0.4) is 0 Å². The highest BCUT2D eigenvalue weighted by atomic mass is 32.1. The molecule has 4 N–H and O–H groups in total. The van der Waals surface area contributed by atoms with Crippen molar-refractivity contribution in [1.82, 2.24) is 0 Å². The molecule has 0 aliphatic heterocycles. The van der Waals surface area contributed by atoms with Gasteiger partial charge >= 0.3 is 0 Å². The summed E-state index contributed by atoms with van der Waals surface area (Å²) in [6.45, 7) is 1.95. The Kier molecular flexibility index (Phi) is 11.2. The zero-order chi connectivity index (χ0) is 17.8. The molecule has 1 heterocycles. The molecule has 0 saturated carbocycles. The molecule has 0 spiro atoms. The van der Waals surface area contributed by atoms with Crippen molar-refractivity contribution in [3.05, 3.63) is 21.9 Å². The number of aliphatic hydroxyl groups is 2. The van der Waals surface area contributed by atoms with Gasteiger partial charge in [0.15, 0.2) is 5.78 Å². The molecule has 2 atom stereocenters. The minimum absolute atomic E-state index is 0.138.